The largest absolute Gasteiger partial charge is 0.393 e. The van der Waals surface area contributed by atoms with Crippen LogP contribution in [0.5, 0.6) is 0 Å². The molecule has 0 spiro atoms. The van der Waals surface area contributed by atoms with E-state index in [1.807, 2.05) is 5.38 Å². The highest BCUT2D eigenvalue weighted by Crippen LogP contribution is 2.35. The molecule has 1 aliphatic carbocycles. The van der Waals surface area contributed by atoms with Gasteiger partial charge in [-0.25, -0.2) is 0 Å². The normalized spacial score (nSPS) is 30.5. The van der Waals surface area contributed by atoms with Gasteiger partial charge >= 0.3 is 0 Å². The lowest BCUT2D eigenvalue weighted by molar-refractivity contribution is 0.00111. The molecule has 5 heteroatoms. The monoisotopic (exact) mass is 241 g/mol. The van der Waals surface area contributed by atoms with E-state index >= 15 is 0 Å². The molecule has 4 nitrogen and oxygen atoms in total. The number of hydrogen-bond acceptors (Lipinski definition) is 5. The summed E-state index contributed by atoms with van der Waals surface area (Å²) in [5, 5.41) is 19.3. The fourth-order valence-electron chi connectivity index (χ4n) is 2.32. The first-order valence-corrected chi connectivity index (χ1v) is 6.69. The van der Waals surface area contributed by atoms with Gasteiger partial charge in [-0.05, 0) is 24.4 Å². The Kier molecular flexibility index (Phi) is 3.89. The van der Waals surface area contributed by atoms with Gasteiger partial charge in [0.05, 0.1) is 11.8 Å². The molecule has 1 aliphatic rings. The van der Waals surface area contributed by atoms with Gasteiger partial charge in [-0.15, -0.1) is 5.10 Å². The van der Waals surface area contributed by atoms with Gasteiger partial charge in [0.25, 0.3) is 0 Å². The summed E-state index contributed by atoms with van der Waals surface area (Å²) in [6.07, 6.45) is 4.27. The van der Waals surface area contributed by atoms with Crippen LogP contribution in [0.3, 0.4) is 0 Å². The minimum atomic E-state index is -0.165. The van der Waals surface area contributed by atoms with Gasteiger partial charge < -0.3 is 10.4 Å². The standard InChI is InChI=1S/C11H19N3OS/c1-11(5-3-2-4-10(11)15)8-12-6-9-7-16-14-13-9/h7,10,12,15H,2-6,8H2,1H3. The molecule has 1 aromatic heterocycles. The van der Waals surface area contributed by atoms with Crippen LogP contribution in [-0.4, -0.2) is 27.3 Å². The minimum absolute atomic E-state index is 0.0295. The van der Waals surface area contributed by atoms with E-state index in [4.69, 9.17) is 0 Å². The van der Waals surface area contributed by atoms with Crippen LogP contribution in [0, 0.1) is 5.41 Å². The molecule has 0 aromatic carbocycles. The summed E-state index contributed by atoms with van der Waals surface area (Å²) in [6, 6.07) is 0. The molecule has 16 heavy (non-hydrogen) atoms. The van der Waals surface area contributed by atoms with Gasteiger partial charge in [0.1, 0.15) is 0 Å². The third-order valence-electron chi connectivity index (χ3n) is 3.52. The third kappa shape index (κ3) is 2.78. The fourth-order valence-corrected chi connectivity index (χ4v) is 2.78. The summed E-state index contributed by atoms with van der Waals surface area (Å²) in [4.78, 5) is 0. The molecule has 2 unspecified atom stereocenters. The van der Waals surface area contributed by atoms with Crippen molar-refractivity contribution < 1.29 is 5.11 Å². The number of nitrogens with one attached hydrogen (secondary N) is 1. The zero-order valence-corrected chi connectivity index (χ0v) is 10.5. The topological polar surface area (TPSA) is 58.0 Å². The SMILES string of the molecule is CC1(CNCc2csnn2)CCCCC1O. The molecule has 1 fully saturated rings. The number of aromatic nitrogens is 2. The van der Waals surface area contributed by atoms with Crippen molar-refractivity contribution in [3.05, 3.63) is 11.1 Å². The summed E-state index contributed by atoms with van der Waals surface area (Å²) >= 11 is 1.37. The van der Waals surface area contributed by atoms with Crippen LogP contribution in [0.4, 0.5) is 0 Å². The minimum Gasteiger partial charge on any atom is -0.393 e. The Morgan fingerprint density at radius 3 is 3.19 bits per heavy atom. The molecular formula is C11H19N3OS. The van der Waals surface area contributed by atoms with Crippen molar-refractivity contribution >= 4 is 11.5 Å². The van der Waals surface area contributed by atoms with E-state index in [0.717, 1.165) is 38.0 Å². The molecule has 0 saturated heterocycles. The van der Waals surface area contributed by atoms with Crippen molar-refractivity contribution in [1.82, 2.24) is 14.9 Å². The van der Waals surface area contributed by atoms with Crippen molar-refractivity contribution in [2.75, 3.05) is 6.54 Å². The van der Waals surface area contributed by atoms with E-state index in [-0.39, 0.29) is 11.5 Å². The van der Waals surface area contributed by atoms with E-state index in [1.54, 1.807) is 0 Å². The first-order valence-electron chi connectivity index (χ1n) is 5.85. The summed E-state index contributed by atoms with van der Waals surface area (Å²) in [5.41, 5.74) is 1.01. The molecule has 1 heterocycles. The number of aliphatic hydroxyl groups excluding tert-OH is 1. The van der Waals surface area contributed by atoms with Crippen LogP contribution in [0.2, 0.25) is 0 Å². The first-order chi connectivity index (χ1) is 7.71. The average molecular weight is 241 g/mol. The quantitative estimate of drug-likeness (QED) is 0.840. The van der Waals surface area contributed by atoms with Crippen LogP contribution in [-0.2, 0) is 6.54 Å². The summed E-state index contributed by atoms with van der Waals surface area (Å²) in [7, 11) is 0. The Morgan fingerprint density at radius 2 is 2.50 bits per heavy atom. The van der Waals surface area contributed by atoms with Crippen LogP contribution in [0.1, 0.15) is 38.3 Å². The molecule has 0 aliphatic heterocycles. The highest BCUT2D eigenvalue weighted by molar-refractivity contribution is 7.03. The highest BCUT2D eigenvalue weighted by atomic mass is 32.1. The smallest absolute Gasteiger partial charge is 0.0893 e. The maximum absolute atomic E-state index is 10.0. The molecule has 2 atom stereocenters. The van der Waals surface area contributed by atoms with E-state index in [2.05, 4.69) is 21.8 Å². The second-order valence-corrected chi connectivity index (χ2v) is 5.53. The molecule has 2 N–H and O–H groups in total. The Hall–Kier alpha value is -0.520. The van der Waals surface area contributed by atoms with Crippen LogP contribution in [0.25, 0.3) is 0 Å². The average Bonchev–Trinajstić information content (AvgIpc) is 2.76. The lowest BCUT2D eigenvalue weighted by Gasteiger charge is -2.38. The zero-order valence-electron chi connectivity index (χ0n) is 9.65. The van der Waals surface area contributed by atoms with Crippen molar-refractivity contribution in [2.24, 2.45) is 5.41 Å². The van der Waals surface area contributed by atoms with Gasteiger partial charge in [0.15, 0.2) is 0 Å². The molecule has 0 bridgehead atoms. The maximum atomic E-state index is 10.0. The summed E-state index contributed by atoms with van der Waals surface area (Å²) in [5.74, 6) is 0. The third-order valence-corrected chi connectivity index (χ3v) is 4.07. The van der Waals surface area contributed by atoms with Crippen LogP contribution >= 0.6 is 11.5 Å². The fraction of sp³-hybridized carbons (Fsp3) is 0.818. The van der Waals surface area contributed by atoms with Crippen molar-refractivity contribution in [3.63, 3.8) is 0 Å². The lowest BCUT2D eigenvalue weighted by atomic mass is 9.73. The summed E-state index contributed by atoms with van der Waals surface area (Å²) < 4.78 is 3.82. The molecule has 1 saturated carbocycles. The number of hydrogen-bond donors (Lipinski definition) is 2. The Morgan fingerprint density at radius 1 is 1.62 bits per heavy atom. The van der Waals surface area contributed by atoms with Crippen molar-refractivity contribution in [1.29, 1.82) is 0 Å². The van der Waals surface area contributed by atoms with Gasteiger partial charge in [-0.3, -0.25) is 0 Å². The van der Waals surface area contributed by atoms with E-state index in [9.17, 15) is 5.11 Å². The molecular weight excluding hydrogens is 222 g/mol. The Bertz CT molecular complexity index is 317. The second kappa shape index (κ2) is 5.21. The predicted octanol–water partition coefficient (Wildman–Crippen LogP) is 1.57. The lowest BCUT2D eigenvalue weighted by Crippen LogP contribution is -2.43. The molecule has 1 aromatic rings. The molecule has 0 amide bonds. The van der Waals surface area contributed by atoms with Crippen molar-refractivity contribution in [2.45, 2.75) is 45.3 Å². The Balaban J connectivity index is 1.79. The maximum Gasteiger partial charge on any atom is 0.0893 e. The van der Waals surface area contributed by atoms with Crippen LogP contribution < -0.4 is 5.32 Å². The molecule has 90 valence electrons. The zero-order chi connectivity index (χ0) is 11.4. The molecule has 0 radical (unpaired) electrons. The first kappa shape index (κ1) is 12.0. The Labute approximate surface area is 100 Å². The van der Waals surface area contributed by atoms with E-state index < -0.39 is 0 Å². The predicted molar refractivity (Wildman–Crippen MR) is 64.2 cm³/mol. The second-order valence-electron chi connectivity index (χ2n) is 4.92. The van der Waals surface area contributed by atoms with Gasteiger partial charge in [-0.1, -0.05) is 24.3 Å². The highest BCUT2D eigenvalue weighted by Gasteiger charge is 2.34. The van der Waals surface area contributed by atoms with E-state index in [0.29, 0.717) is 0 Å². The summed E-state index contributed by atoms with van der Waals surface area (Å²) in [6.45, 7) is 3.77. The number of nitrogens with zero attached hydrogens (tertiary/aromatic N) is 2. The number of rotatable bonds is 4. The van der Waals surface area contributed by atoms with E-state index in [1.165, 1.54) is 18.0 Å². The number of aliphatic hydroxyl groups is 1. The van der Waals surface area contributed by atoms with Gasteiger partial charge in [-0.2, -0.15) is 0 Å². The van der Waals surface area contributed by atoms with Crippen molar-refractivity contribution in [3.8, 4) is 0 Å². The van der Waals surface area contributed by atoms with Crippen LogP contribution in [0.15, 0.2) is 5.38 Å². The van der Waals surface area contributed by atoms with Gasteiger partial charge in [0, 0.05) is 23.9 Å². The van der Waals surface area contributed by atoms with Gasteiger partial charge in [0.2, 0.25) is 0 Å². The molecule has 2 rings (SSSR count).